The van der Waals surface area contributed by atoms with Gasteiger partial charge in [-0.2, -0.15) is 13.2 Å². The van der Waals surface area contributed by atoms with Gasteiger partial charge in [0.2, 0.25) is 5.91 Å². The van der Waals surface area contributed by atoms with Crippen LogP contribution < -0.4 is 0 Å². The molecule has 0 N–H and O–H groups in total. The predicted octanol–water partition coefficient (Wildman–Crippen LogP) is 1.77. The van der Waals surface area contributed by atoms with Crippen LogP contribution in [0.15, 0.2) is 24.3 Å². The van der Waals surface area contributed by atoms with Gasteiger partial charge in [-0.15, -0.1) is 0 Å². The predicted molar refractivity (Wildman–Crippen MR) is 74.1 cm³/mol. The van der Waals surface area contributed by atoms with E-state index in [1.54, 1.807) is 0 Å². The summed E-state index contributed by atoms with van der Waals surface area (Å²) in [5, 5.41) is 0. The monoisotopic (exact) mass is 314 g/mol. The molecule has 0 bridgehead atoms. The molecule has 7 heteroatoms. The molecule has 1 aliphatic rings. The molecule has 1 aliphatic heterocycles. The molecule has 4 nitrogen and oxygen atoms in total. The summed E-state index contributed by atoms with van der Waals surface area (Å²) in [5.74, 6) is -1.97. The van der Waals surface area contributed by atoms with Crippen LogP contribution in [0.25, 0.3) is 0 Å². The van der Waals surface area contributed by atoms with Crippen LogP contribution in [0, 0.1) is 6.92 Å². The van der Waals surface area contributed by atoms with Gasteiger partial charge in [0.05, 0.1) is 6.42 Å². The number of halogens is 3. The summed E-state index contributed by atoms with van der Waals surface area (Å²) in [6.07, 6.45) is -4.64. The van der Waals surface area contributed by atoms with E-state index < -0.39 is 12.1 Å². The minimum absolute atomic E-state index is 0.0854. The van der Waals surface area contributed by atoms with Crippen molar-refractivity contribution in [2.45, 2.75) is 19.5 Å². The second-order valence-corrected chi connectivity index (χ2v) is 5.34. The standard InChI is InChI=1S/C15H17F3N2O2/c1-11-3-2-4-12(9-11)10-13(21)19-5-7-20(8-6-19)14(22)15(16,17)18/h2-4,9H,5-8,10H2,1H3. The van der Waals surface area contributed by atoms with Gasteiger partial charge in [-0.1, -0.05) is 29.8 Å². The van der Waals surface area contributed by atoms with Crippen LogP contribution in [0.1, 0.15) is 11.1 Å². The van der Waals surface area contributed by atoms with E-state index in [0.29, 0.717) is 0 Å². The molecule has 0 spiro atoms. The molecular weight excluding hydrogens is 297 g/mol. The molecule has 0 radical (unpaired) electrons. The van der Waals surface area contributed by atoms with Crippen LogP contribution in [0.3, 0.4) is 0 Å². The van der Waals surface area contributed by atoms with Crippen LogP contribution in [0.5, 0.6) is 0 Å². The van der Waals surface area contributed by atoms with Crippen LogP contribution in [0.4, 0.5) is 13.2 Å². The quantitative estimate of drug-likeness (QED) is 0.835. The van der Waals surface area contributed by atoms with Crippen molar-refractivity contribution < 1.29 is 22.8 Å². The highest BCUT2D eigenvalue weighted by Crippen LogP contribution is 2.19. The molecule has 1 aromatic rings. The first-order chi connectivity index (χ1) is 10.3. The second kappa shape index (κ2) is 6.37. The van der Waals surface area contributed by atoms with Gasteiger partial charge in [0.25, 0.3) is 0 Å². The number of alkyl halides is 3. The largest absolute Gasteiger partial charge is 0.471 e. The number of carbonyl (C=O) groups excluding carboxylic acids is 2. The summed E-state index contributed by atoms with van der Waals surface area (Å²) in [4.78, 5) is 25.5. The van der Waals surface area contributed by atoms with Crippen molar-refractivity contribution in [1.82, 2.24) is 9.80 Å². The zero-order valence-electron chi connectivity index (χ0n) is 12.2. The molecule has 0 saturated carbocycles. The van der Waals surface area contributed by atoms with Crippen molar-refractivity contribution in [1.29, 1.82) is 0 Å². The highest BCUT2D eigenvalue weighted by molar-refractivity contribution is 5.83. The van der Waals surface area contributed by atoms with E-state index in [0.717, 1.165) is 16.0 Å². The number of aryl methyl sites for hydroxylation is 1. The van der Waals surface area contributed by atoms with Gasteiger partial charge in [0, 0.05) is 26.2 Å². The zero-order chi connectivity index (χ0) is 16.3. The molecular formula is C15H17F3N2O2. The summed E-state index contributed by atoms with van der Waals surface area (Å²) in [7, 11) is 0. The number of nitrogens with zero attached hydrogens (tertiary/aromatic N) is 2. The Morgan fingerprint density at radius 3 is 2.23 bits per heavy atom. The molecule has 1 saturated heterocycles. The highest BCUT2D eigenvalue weighted by atomic mass is 19.4. The van der Waals surface area contributed by atoms with Crippen molar-refractivity contribution in [2.24, 2.45) is 0 Å². The molecule has 2 amide bonds. The van der Waals surface area contributed by atoms with Gasteiger partial charge >= 0.3 is 12.1 Å². The van der Waals surface area contributed by atoms with E-state index in [4.69, 9.17) is 0 Å². The molecule has 0 aromatic heterocycles. The SMILES string of the molecule is Cc1cccc(CC(=O)N2CCN(C(=O)C(F)(F)F)CC2)c1. The number of carbonyl (C=O) groups is 2. The fourth-order valence-electron chi connectivity index (χ4n) is 2.45. The maximum absolute atomic E-state index is 12.3. The average Bonchev–Trinajstić information content (AvgIpc) is 2.45. The molecule has 1 heterocycles. The molecule has 1 fully saturated rings. The third-order valence-corrected chi connectivity index (χ3v) is 3.60. The minimum Gasteiger partial charge on any atom is -0.339 e. The van der Waals surface area contributed by atoms with Crippen LogP contribution >= 0.6 is 0 Å². The Balaban J connectivity index is 1.89. The number of benzene rings is 1. The van der Waals surface area contributed by atoms with Crippen molar-refractivity contribution in [3.8, 4) is 0 Å². The van der Waals surface area contributed by atoms with Gasteiger partial charge in [0.1, 0.15) is 0 Å². The van der Waals surface area contributed by atoms with E-state index in [2.05, 4.69) is 0 Å². The summed E-state index contributed by atoms with van der Waals surface area (Å²) < 4.78 is 37.0. The first kappa shape index (κ1) is 16.3. The van der Waals surface area contributed by atoms with E-state index in [1.165, 1.54) is 4.90 Å². The van der Waals surface area contributed by atoms with Gasteiger partial charge in [-0.3, -0.25) is 9.59 Å². The van der Waals surface area contributed by atoms with Crippen molar-refractivity contribution in [2.75, 3.05) is 26.2 Å². The lowest BCUT2D eigenvalue weighted by Gasteiger charge is -2.35. The smallest absolute Gasteiger partial charge is 0.339 e. The Morgan fingerprint density at radius 2 is 1.68 bits per heavy atom. The number of hydrogen-bond acceptors (Lipinski definition) is 2. The topological polar surface area (TPSA) is 40.6 Å². The zero-order valence-corrected chi connectivity index (χ0v) is 12.2. The lowest BCUT2D eigenvalue weighted by atomic mass is 10.1. The fraction of sp³-hybridized carbons (Fsp3) is 0.467. The summed E-state index contributed by atoms with van der Waals surface area (Å²) >= 11 is 0. The second-order valence-electron chi connectivity index (χ2n) is 5.34. The molecule has 22 heavy (non-hydrogen) atoms. The van der Waals surface area contributed by atoms with Gasteiger partial charge in [-0.05, 0) is 12.5 Å². The van der Waals surface area contributed by atoms with Crippen LogP contribution in [0.2, 0.25) is 0 Å². The third-order valence-electron chi connectivity index (χ3n) is 3.60. The highest BCUT2D eigenvalue weighted by Gasteiger charge is 2.43. The Hall–Kier alpha value is -2.05. The molecule has 120 valence electrons. The fourth-order valence-corrected chi connectivity index (χ4v) is 2.45. The van der Waals surface area contributed by atoms with Crippen molar-refractivity contribution in [3.05, 3.63) is 35.4 Å². The first-order valence-corrected chi connectivity index (χ1v) is 6.97. The Morgan fingerprint density at radius 1 is 1.09 bits per heavy atom. The molecule has 0 atom stereocenters. The van der Waals surface area contributed by atoms with Gasteiger partial charge in [-0.25, -0.2) is 0 Å². The molecule has 0 aliphatic carbocycles. The summed E-state index contributed by atoms with van der Waals surface area (Å²) in [6.45, 7) is 2.02. The van der Waals surface area contributed by atoms with E-state index >= 15 is 0 Å². The van der Waals surface area contributed by atoms with E-state index in [-0.39, 0.29) is 38.5 Å². The lowest BCUT2D eigenvalue weighted by molar-refractivity contribution is -0.187. The Labute approximate surface area is 126 Å². The number of piperazine rings is 1. The van der Waals surface area contributed by atoms with Crippen LogP contribution in [-0.4, -0.2) is 54.0 Å². The van der Waals surface area contributed by atoms with Gasteiger partial charge in [0.15, 0.2) is 0 Å². The average molecular weight is 314 g/mol. The lowest BCUT2D eigenvalue weighted by Crippen LogP contribution is -2.53. The number of rotatable bonds is 2. The van der Waals surface area contributed by atoms with Crippen molar-refractivity contribution in [3.63, 3.8) is 0 Å². The Bertz CT molecular complexity index is 564. The van der Waals surface area contributed by atoms with Crippen LogP contribution in [-0.2, 0) is 16.0 Å². The van der Waals surface area contributed by atoms with E-state index in [9.17, 15) is 22.8 Å². The molecule has 1 aromatic carbocycles. The molecule has 0 unspecified atom stereocenters. The molecule has 2 rings (SSSR count). The van der Waals surface area contributed by atoms with Gasteiger partial charge < -0.3 is 9.80 Å². The minimum atomic E-state index is -4.85. The number of amides is 2. The maximum atomic E-state index is 12.3. The summed E-state index contributed by atoms with van der Waals surface area (Å²) in [6, 6.07) is 7.53. The third kappa shape index (κ3) is 3.99. The Kier molecular flexibility index (Phi) is 4.73. The first-order valence-electron chi connectivity index (χ1n) is 6.97. The normalized spacial score (nSPS) is 15.8. The van der Waals surface area contributed by atoms with Crippen molar-refractivity contribution >= 4 is 11.8 Å². The summed E-state index contributed by atoms with van der Waals surface area (Å²) in [5.41, 5.74) is 1.92. The maximum Gasteiger partial charge on any atom is 0.471 e. The number of hydrogen-bond donors (Lipinski definition) is 0. The van der Waals surface area contributed by atoms with E-state index in [1.807, 2.05) is 31.2 Å².